The summed E-state index contributed by atoms with van der Waals surface area (Å²) in [6.45, 7) is 1.90. The lowest BCUT2D eigenvalue weighted by Gasteiger charge is -2.06. The predicted octanol–water partition coefficient (Wildman–Crippen LogP) is 2.81. The molecule has 0 unspecified atom stereocenters. The average molecular weight is 236 g/mol. The molecule has 0 spiro atoms. The van der Waals surface area contributed by atoms with Crippen LogP contribution in [-0.4, -0.2) is 9.97 Å². The van der Waals surface area contributed by atoms with Crippen LogP contribution in [0.15, 0.2) is 30.6 Å². The Morgan fingerprint density at radius 1 is 1.25 bits per heavy atom. The van der Waals surface area contributed by atoms with E-state index in [4.69, 9.17) is 22.1 Å². The zero-order chi connectivity index (χ0) is 11.5. The van der Waals surface area contributed by atoms with E-state index in [2.05, 4.69) is 9.97 Å². The summed E-state index contributed by atoms with van der Waals surface area (Å²) in [6, 6.07) is 5.60. The first kappa shape index (κ1) is 10.7. The fourth-order valence-electron chi connectivity index (χ4n) is 1.20. The van der Waals surface area contributed by atoms with Gasteiger partial charge < -0.3 is 10.5 Å². The van der Waals surface area contributed by atoms with Crippen LogP contribution in [0.5, 0.6) is 11.8 Å². The average Bonchev–Trinajstić information content (AvgIpc) is 2.25. The summed E-state index contributed by atoms with van der Waals surface area (Å²) in [5, 5.41) is 0.670. The summed E-state index contributed by atoms with van der Waals surface area (Å²) in [4.78, 5) is 7.89. The fourth-order valence-corrected chi connectivity index (χ4v) is 1.43. The molecule has 1 heterocycles. The maximum absolute atomic E-state index is 5.84. The molecule has 2 aromatic rings. The predicted molar refractivity (Wildman–Crippen MR) is 62.7 cm³/mol. The zero-order valence-corrected chi connectivity index (χ0v) is 9.40. The van der Waals surface area contributed by atoms with E-state index in [1.54, 1.807) is 12.1 Å². The van der Waals surface area contributed by atoms with Gasteiger partial charge in [-0.05, 0) is 30.7 Å². The van der Waals surface area contributed by atoms with E-state index >= 15 is 0 Å². The van der Waals surface area contributed by atoms with Crippen molar-refractivity contribution in [1.29, 1.82) is 0 Å². The smallest absolute Gasteiger partial charge is 0.322 e. The van der Waals surface area contributed by atoms with Crippen LogP contribution in [0.1, 0.15) is 5.56 Å². The molecule has 4 nitrogen and oxygen atoms in total. The second-order valence-corrected chi connectivity index (χ2v) is 3.75. The van der Waals surface area contributed by atoms with Crippen LogP contribution in [0.25, 0.3) is 0 Å². The van der Waals surface area contributed by atoms with Gasteiger partial charge in [0.1, 0.15) is 5.75 Å². The highest BCUT2D eigenvalue weighted by Gasteiger charge is 2.03. The monoisotopic (exact) mass is 235 g/mol. The molecule has 2 N–H and O–H groups in total. The van der Waals surface area contributed by atoms with Crippen LogP contribution in [-0.2, 0) is 0 Å². The molecule has 0 amide bonds. The Hall–Kier alpha value is -1.81. The van der Waals surface area contributed by atoms with Crippen molar-refractivity contribution in [3.63, 3.8) is 0 Å². The normalized spacial score (nSPS) is 10.1. The van der Waals surface area contributed by atoms with Crippen LogP contribution < -0.4 is 10.5 Å². The molecule has 2 rings (SSSR count). The number of rotatable bonds is 2. The van der Waals surface area contributed by atoms with E-state index in [0.29, 0.717) is 16.5 Å². The van der Waals surface area contributed by atoms with Crippen LogP contribution >= 0.6 is 11.6 Å². The molecule has 0 bridgehead atoms. The third kappa shape index (κ3) is 2.41. The molecule has 0 aliphatic rings. The Kier molecular flexibility index (Phi) is 2.92. The van der Waals surface area contributed by atoms with Crippen LogP contribution in [0.4, 0.5) is 5.69 Å². The topological polar surface area (TPSA) is 61.0 Å². The summed E-state index contributed by atoms with van der Waals surface area (Å²) >= 11 is 5.84. The third-order valence-electron chi connectivity index (χ3n) is 1.99. The quantitative estimate of drug-likeness (QED) is 0.870. The van der Waals surface area contributed by atoms with Crippen molar-refractivity contribution in [3.8, 4) is 11.8 Å². The van der Waals surface area contributed by atoms with Gasteiger partial charge in [-0.2, -0.15) is 0 Å². The number of aryl methyl sites for hydroxylation is 1. The van der Waals surface area contributed by atoms with Gasteiger partial charge in [0.25, 0.3) is 0 Å². The number of aromatic nitrogens is 2. The molecule has 0 atom stereocenters. The number of anilines is 1. The molecule has 0 aliphatic heterocycles. The van der Waals surface area contributed by atoms with Crippen molar-refractivity contribution >= 4 is 17.3 Å². The number of nitrogen functional groups attached to an aromatic ring is 1. The number of halogens is 1. The zero-order valence-electron chi connectivity index (χ0n) is 8.64. The molecule has 1 aromatic carbocycles. The SMILES string of the molecule is Cc1cc(Cl)ccc1Oc1ncc(N)cn1. The van der Waals surface area contributed by atoms with Gasteiger partial charge >= 0.3 is 6.01 Å². The lowest BCUT2D eigenvalue weighted by atomic mass is 10.2. The fraction of sp³-hybridized carbons (Fsp3) is 0.0909. The van der Waals surface area contributed by atoms with E-state index in [1.165, 1.54) is 12.4 Å². The summed E-state index contributed by atoms with van der Waals surface area (Å²) in [7, 11) is 0. The molecule has 1 aromatic heterocycles. The highest BCUT2D eigenvalue weighted by molar-refractivity contribution is 6.30. The molecule has 82 valence electrons. The number of benzene rings is 1. The number of nitrogens with two attached hydrogens (primary N) is 1. The van der Waals surface area contributed by atoms with E-state index in [-0.39, 0.29) is 6.01 Å². The summed E-state index contributed by atoms with van der Waals surface area (Å²) in [5.74, 6) is 0.675. The molecule has 0 aliphatic carbocycles. The second-order valence-electron chi connectivity index (χ2n) is 3.31. The molecule has 16 heavy (non-hydrogen) atoms. The van der Waals surface area contributed by atoms with Crippen molar-refractivity contribution in [2.75, 3.05) is 5.73 Å². The number of hydrogen-bond acceptors (Lipinski definition) is 4. The Morgan fingerprint density at radius 3 is 2.56 bits per heavy atom. The molecule has 0 saturated carbocycles. The van der Waals surface area contributed by atoms with Gasteiger partial charge in [-0.3, -0.25) is 0 Å². The molecular formula is C11H10ClN3O. The maximum atomic E-state index is 5.84. The summed E-state index contributed by atoms with van der Waals surface area (Å²) in [5.41, 5.74) is 6.90. The first-order valence-corrected chi connectivity index (χ1v) is 5.04. The van der Waals surface area contributed by atoms with Crippen LogP contribution in [0.2, 0.25) is 5.02 Å². The largest absolute Gasteiger partial charge is 0.424 e. The van der Waals surface area contributed by atoms with E-state index in [1.807, 2.05) is 13.0 Å². The van der Waals surface area contributed by atoms with Gasteiger partial charge in [-0.25, -0.2) is 9.97 Å². The molecule has 0 fully saturated rings. The van der Waals surface area contributed by atoms with Gasteiger partial charge in [0.05, 0.1) is 18.1 Å². The van der Waals surface area contributed by atoms with Crippen LogP contribution in [0, 0.1) is 6.92 Å². The highest BCUT2D eigenvalue weighted by atomic mass is 35.5. The lowest BCUT2D eigenvalue weighted by Crippen LogP contribution is -1.95. The Balaban J connectivity index is 2.23. The molecule has 0 saturated heterocycles. The summed E-state index contributed by atoms with van der Waals surface area (Å²) < 4.78 is 5.48. The minimum absolute atomic E-state index is 0.264. The Labute approximate surface area is 98.0 Å². The van der Waals surface area contributed by atoms with Crippen molar-refractivity contribution in [3.05, 3.63) is 41.2 Å². The van der Waals surface area contributed by atoms with Crippen LogP contribution in [0.3, 0.4) is 0 Å². The molecule has 5 heteroatoms. The number of ether oxygens (including phenoxy) is 1. The van der Waals surface area contributed by atoms with Gasteiger partial charge in [0, 0.05) is 5.02 Å². The second kappa shape index (κ2) is 4.37. The lowest BCUT2D eigenvalue weighted by molar-refractivity contribution is 0.439. The molecule has 0 radical (unpaired) electrons. The van der Waals surface area contributed by atoms with Crippen molar-refractivity contribution in [1.82, 2.24) is 9.97 Å². The van der Waals surface area contributed by atoms with Crippen molar-refractivity contribution in [2.24, 2.45) is 0 Å². The third-order valence-corrected chi connectivity index (χ3v) is 2.22. The number of nitrogens with zero attached hydrogens (tertiary/aromatic N) is 2. The minimum atomic E-state index is 0.264. The van der Waals surface area contributed by atoms with E-state index in [0.717, 1.165) is 5.56 Å². The Morgan fingerprint density at radius 2 is 1.94 bits per heavy atom. The van der Waals surface area contributed by atoms with Gasteiger partial charge in [-0.15, -0.1) is 0 Å². The first-order valence-electron chi connectivity index (χ1n) is 4.66. The van der Waals surface area contributed by atoms with Gasteiger partial charge in [-0.1, -0.05) is 11.6 Å². The minimum Gasteiger partial charge on any atom is -0.424 e. The molecular weight excluding hydrogens is 226 g/mol. The van der Waals surface area contributed by atoms with Gasteiger partial charge in [0.15, 0.2) is 0 Å². The Bertz CT molecular complexity index is 499. The van der Waals surface area contributed by atoms with Gasteiger partial charge in [0.2, 0.25) is 0 Å². The van der Waals surface area contributed by atoms with E-state index in [9.17, 15) is 0 Å². The highest BCUT2D eigenvalue weighted by Crippen LogP contribution is 2.25. The standard InChI is InChI=1S/C11H10ClN3O/c1-7-4-8(12)2-3-10(7)16-11-14-5-9(13)6-15-11/h2-6H,13H2,1H3. The van der Waals surface area contributed by atoms with E-state index < -0.39 is 0 Å². The summed E-state index contributed by atoms with van der Waals surface area (Å²) in [6.07, 6.45) is 2.99. The maximum Gasteiger partial charge on any atom is 0.322 e. The first-order chi connectivity index (χ1) is 7.65. The number of hydrogen-bond donors (Lipinski definition) is 1. The van der Waals surface area contributed by atoms with Crippen molar-refractivity contribution in [2.45, 2.75) is 6.92 Å². The van der Waals surface area contributed by atoms with Crippen molar-refractivity contribution < 1.29 is 4.74 Å².